The lowest BCUT2D eigenvalue weighted by atomic mass is 9.46. The molecule has 75 heavy (non-hydrogen) atoms. The Balaban J connectivity index is 1.11. The summed E-state index contributed by atoms with van der Waals surface area (Å²) < 4.78 is 5.38. The number of hydrogen-bond donors (Lipinski definition) is 0. The molecular weight excluding hydrogens is 944 g/mol. The summed E-state index contributed by atoms with van der Waals surface area (Å²) in [5, 5.41) is 9.05. The molecule has 10 aromatic carbocycles. The maximum atomic E-state index is 2.75. The Hall–Kier alpha value is -7.44. The van der Waals surface area contributed by atoms with Gasteiger partial charge in [0.1, 0.15) is 0 Å². The van der Waals surface area contributed by atoms with E-state index in [0.717, 1.165) is 6.42 Å². The third-order valence-corrected chi connectivity index (χ3v) is 19.7. The second-order valence-electron chi connectivity index (χ2n) is 23.9. The molecule has 0 fully saturated rings. The smallest absolute Gasteiger partial charge is 0.343 e. The summed E-state index contributed by atoms with van der Waals surface area (Å²) in [6, 6.07) is 74.6. The van der Waals surface area contributed by atoms with Gasteiger partial charge in [-0.3, -0.25) is 0 Å². The van der Waals surface area contributed by atoms with Crippen LogP contribution < -0.4 is 20.0 Å². The molecule has 2 nitrogen and oxygen atoms in total. The summed E-state index contributed by atoms with van der Waals surface area (Å²) in [7, 11) is 0. The highest BCUT2D eigenvalue weighted by molar-refractivity contribution is 7.32. The van der Waals surface area contributed by atoms with Gasteiger partial charge in [0.25, 0.3) is 0 Å². The van der Waals surface area contributed by atoms with Crippen molar-refractivity contribution in [3.63, 3.8) is 0 Å². The Kier molecular flexibility index (Phi) is 9.62. The molecule has 2 aromatic heterocycles. The average Bonchev–Trinajstić information content (AvgIpc) is 4.19. The summed E-state index contributed by atoms with van der Waals surface area (Å²) >= 11 is 3.95. The van der Waals surface area contributed by atoms with Crippen molar-refractivity contribution in [3.8, 4) is 33.4 Å². The van der Waals surface area contributed by atoms with Crippen LogP contribution >= 0.6 is 22.7 Å². The van der Waals surface area contributed by atoms with Crippen molar-refractivity contribution >= 4 is 120 Å². The lowest BCUT2D eigenvalue weighted by Crippen LogP contribution is -2.60. The molecule has 1 aliphatic carbocycles. The van der Waals surface area contributed by atoms with E-state index in [2.05, 4.69) is 252 Å². The van der Waals surface area contributed by atoms with Crippen LogP contribution in [0, 0.1) is 0 Å². The van der Waals surface area contributed by atoms with Crippen molar-refractivity contribution < 1.29 is 0 Å². The molecule has 3 aliphatic rings. The molecule has 0 N–H and O–H groups in total. The van der Waals surface area contributed by atoms with Gasteiger partial charge in [0.2, 0.25) is 0 Å². The van der Waals surface area contributed by atoms with Gasteiger partial charge in [-0.25, -0.2) is 0 Å². The first kappa shape index (κ1) is 45.0. The highest BCUT2D eigenvalue weighted by Crippen LogP contribution is 2.57. The van der Waals surface area contributed by atoms with Crippen LogP contribution in [0.5, 0.6) is 0 Å². The first-order chi connectivity index (χ1) is 36.3. The van der Waals surface area contributed by atoms with Crippen LogP contribution in [0.15, 0.2) is 194 Å². The molecule has 0 saturated carbocycles. The normalized spacial score (nSPS) is 15.4. The van der Waals surface area contributed by atoms with Crippen LogP contribution in [0.1, 0.15) is 78.0 Å². The SMILES string of the molecule is CC(C)(C)c1ccc(N2c3c4c(cc5ccccc35)-c3cc5sc6cc7ccccc7cc6c5cc3N(c3ccc(-c5ccccc5)cc3)B4c3sc4cc5c(cc4c32)C(C)(C)CCC5(C)C)c(-c2ccccc2)c1. The van der Waals surface area contributed by atoms with Gasteiger partial charge < -0.3 is 9.71 Å². The van der Waals surface area contributed by atoms with Crippen molar-refractivity contribution in [2.75, 3.05) is 9.71 Å². The molecule has 0 saturated heterocycles. The molecule has 2 aliphatic heterocycles. The van der Waals surface area contributed by atoms with E-state index < -0.39 is 0 Å². The molecule has 0 radical (unpaired) electrons. The van der Waals surface area contributed by atoms with Crippen molar-refractivity contribution in [1.82, 2.24) is 0 Å². The molecule has 0 amide bonds. The number of fused-ring (bicyclic) bond motifs is 13. The van der Waals surface area contributed by atoms with Gasteiger partial charge in [-0.15, -0.1) is 22.7 Å². The maximum absolute atomic E-state index is 2.75. The van der Waals surface area contributed by atoms with Gasteiger partial charge in [0, 0.05) is 62.9 Å². The first-order valence-corrected chi connectivity index (χ1v) is 28.4. The minimum atomic E-state index is -0.131. The van der Waals surface area contributed by atoms with E-state index in [9.17, 15) is 0 Å². The van der Waals surface area contributed by atoms with Crippen molar-refractivity contribution in [2.45, 2.75) is 77.6 Å². The number of anilines is 5. The fourth-order valence-corrected chi connectivity index (χ4v) is 15.7. The number of benzene rings is 10. The standard InChI is InChI=1S/C70H57BN2S2/c1-68(2,3)48-28-31-59(51(37-48)44-20-12-9-13-21-44)72-65-50-25-17-16-24-47(50)35-55-52-40-62-54(53-34-45-22-14-15-23-46(45)36-61(53)74-62)39-60(52)73(49-29-26-43(27-30-49)42-18-10-8-11-19-42)71(64(55)65)67-66(72)56-38-57-58(41-63(56)75-67)70(6,7)33-32-69(57,4)5/h8-31,34-41H,32-33H2,1-7H3. The van der Waals surface area contributed by atoms with Crippen LogP contribution in [0.4, 0.5) is 28.4 Å². The van der Waals surface area contributed by atoms with Crippen molar-refractivity contribution in [2.24, 2.45) is 0 Å². The molecule has 12 aromatic rings. The Bertz CT molecular complexity index is 4350. The average molecular weight is 1000 g/mol. The molecule has 4 heterocycles. The lowest BCUT2D eigenvalue weighted by molar-refractivity contribution is 0.332. The topological polar surface area (TPSA) is 6.48 Å². The largest absolute Gasteiger partial charge is 0.376 e. The summed E-state index contributed by atoms with van der Waals surface area (Å²) in [4.78, 5) is 5.49. The summed E-state index contributed by atoms with van der Waals surface area (Å²) in [6.07, 6.45) is 2.33. The van der Waals surface area contributed by atoms with E-state index in [0.29, 0.717) is 0 Å². The molecule has 5 heteroatoms. The van der Waals surface area contributed by atoms with Crippen molar-refractivity contribution in [3.05, 3.63) is 211 Å². The third-order valence-electron chi connectivity index (χ3n) is 17.4. The van der Waals surface area contributed by atoms with Gasteiger partial charge in [-0.05, 0) is 156 Å². The first-order valence-electron chi connectivity index (χ1n) is 26.8. The summed E-state index contributed by atoms with van der Waals surface area (Å²) in [6.45, 7) is 16.8. The van der Waals surface area contributed by atoms with E-state index in [4.69, 9.17) is 0 Å². The Morgan fingerprint density at radius 3 is 1.76 bits per heavy atom. The maximum Gasteiger partial charge on any atom is 0.343 e. The number of nitrogens with zero attached hydrogens (tertiary/aromatic N) is 2. The van der Waals surface area contributed by atoms with Crippen LogP contribution in [-0.4, -0.2) is 6.85 Å². The molecule has 15 rings (SSSR count). The molecule has 0 atom stereocenters. The van der Waals surface area contributed by atoms with Gasteiger partial charge in [-0.1, -0.05) is 176 Å². The van der Waals surface area contributed by atoms with E-state index in [1.54, 1.807) is 0 Å². The number of rotatable bonds is 4. The van der Waals surface area contributed by atoms with Crippen LogP contribution in [0.2, 0.25) is 0 Å². The number of hydrogen-bond acceptors (Lipinski definition) is 4. The predicted octanol–water partition coefficient (Wildman–Crippen LogP) is 19.3. The summed E-state index contributed by atoms with van der Waals surface area (Å²) in [5.74, 6) is 0. The third kappa shape index (κ3) is 6.76. The Morgan fingerprint density at radius 2 is 1.04 bits per heavy atom. The van der Waals surface area contributed by atoms with Gasteiger partial charge >= 0.3 is 6.85 Å². The zero-order valence-corrected chi connectivity index (χ0v) is 45.3. The van der Waals surface area contributed by atoms with Crippen LogP contribution in [-0.2, 0) is 16.2 Å². The van der Waals surface area contributed by atoms with Gasteiger partial charge in [0.15, 0.2) is 0 Å². The second kappa shape index (κ2) is 16.0. The molecule has 0 bridgehead atoms. The number of thiophene rings is 2. The zero-order valence-electron chi connectivity index (χ0n) is 43.7. The predicted molar refractivity (Wildman–Crippen MR) is 328 cm³/mol. The van der Waals surface area contributed by atoms with Crippen LogP contribution in [0.25, 0.3) is 85.2 Å². The van der Waals surface area contributed by atoms with Gasteiger partial charge in [0.05, 0.1) is 17.1 Å². The minimum Gasteiger partial charge on any atom is -0.376 e. The quantitative estimate of drug-likeness (QED) is 0.162. The lowest BCUT2D eigenvalue weighted by Gasteiger charge is -2.45. The fraction of sp³-hybridized carbons (Fsp3) is 0.171. The van der Waals surface area contributed by atoms with Gasteiger partial charge in [-0.2, -0.15) is 0 Å². The summed E-state index contributed by atoms with van der Waals surface area (Å²) in [5.41, 5.74) is 19.5. The van der Waals surface area contributed by atoms with Crippen molar-refractivity contribution in [1.29, 1.82) is 0 Å². The second-order valence-corrected chi connectivity index (χ2v) is 26.1. The monoisotopic (exact) mass is 1000 g/mol. The van der Waals surface area contributed by atoms with E-state index in [-0.39, 0.29) is 23.1 Å². The van der Waals surface area contributed by atoms with E-state index >= 15 is 0 Å². The van der Waals surface area contributed by atoms with E-state index in [1.165, 1.54) is 147 Å². The molecule has 0 unspecified atom stereocenters. The van der Waals surface area contributed by atoms with Crippen LogP contribution in [0.3, 0.4) is 0 Å². The highest BCUT2D eigenvalue weighted by Gasteiger charge is 2.49. The molecule has 362 valence electrons. The molecular formula is C70H57BN2S2. The fourth-order valence-electron chi connectivity index (χ4n) is 13.2. The molecule has 0 spiro atoms. The Morgan fingerprint density at radius 1 is 0.440 bits per heavy atom. The van der Waals surface area contributed by atoms with E-state index in [1.807, 2.05) is 22.7 Å². The highest BCUT2D eigenvalue weighted by atomic mass is 32.1. The Labute approximate surface area is 448 Å². The zero-order chi connectivity index (χ0) is 50.7. The minimum absolute atomic E-state index is 0.0327.